The van der Waals surface area contributed by atoms with E-state index in [1.807, 2.05) is 55.4 Å². The number of hydrogen-bond donors (Lipinski definition) is 6. The third kappa shape index (κ3) is 21.1. The molecule has 1 aliphatic rings. The zero-order valence-corrected chi connectivity index (χ0v) is 60.9. The maximum atomic E-state index is 15.5. The first kappa shape index (κ1) is 81.5. The van der Waals surface area contributed by atoms with Crippen molar-refractivity contribution in [2.75, 3.05) is 63.0 Å². The molecule has 27 nitrogen and oxygen atoms in total. The number of H-pyrrole nitrogens is 1. The fourth-order valence-electron chi connectivity index (χ4n) is 12.1. The zero-order valence-electron chi connectivity index (χ0n) is 60.9. The number of para-hydroxylation sites is 1. The van der Waals surface area contributed by atoms with Gasteiger partial charge >= 0.3 is 5.97 Å². The van der Waals surface area contributed by atoms with Crippen molar-refractivity contribution in [1.82, 2.24) is 65.5 Å². The van der Waals surface area contributed by atoms with Gasteiger partial charge in [-0.05, 0) is 99.5 Å². The van der Waals surface area contributed by atoms with Crippen molar-refractivity contribution in [3.8, 4) is 0 Å². The van der Waals surface area contributed by atoms with Gasteiger partial charge in [-0.2, -0.15) is 0 Å². The summed E-state index contributed by atoms with van der Waals surface area (Å²) in [6.45, 7) is 27.1. The summed E-state index contributed by atoms with van der Waals surface area (Å²) >= 11 is 0. The summed E-state index contributed by atoms with van der Waals surface area (Å²) < 4.78 is 4.98. The number of esters is 1. The van der Waals surface area contributed by atoms with E-state index in [0.717, 1.165) is 9.80 Å². The Bertz CT molecular complexity index is 3040. The van der Waals surface area contributed by atoms with Crippen molar-refractivity contribution in [1.29, 1.82) is 0 Å². The molecule has 1 aromatic heterocycles. The van der Waals surface area contributed by atoms with Crippen LogP contribution in [0.3, 0.4) is 0 Å². The van der Waals surface area contributed by atoms with E-state index >= 15 is 19.2 Å². The number of ether oxygens (including phenoxy) is 1. The van der Waals surface area contributed by atoms with Gasteiger partial charge in [-0.15, -0.1) is 0 Å². The van der Waals surface area contributed by atoms with Crippen LogP contribution < -0.4 is 21.3 Å². The fourth-order valence-corrected chi connectivity index (χ4v) is 12.1. The fraction of sp³-hybridized carbons (Fsp3) is 0.721. The van der Waals surface area contributed by atoms with Crippen molar-refractivity contribution in [3.63, 3.8) is 0 Å². The highest BCUT2D eigenvalue weighted by Crippen LogP contribution is 2.27. The lowest BCUT2D eigenvalue weighted by Gasteiger charge is -2.41. The molecule has 0 bridgehead atoms. The number of fused-ring (bicyclic) bond motifs is 1. The third-order valence-corrected chi connectivity index (χ3v) is 17.8. The molecular weight excluding hydrogens is 1220 g/mol. The minimum atomic E-state index is -1.78. The number of aliphatic hydroxyl groups excluding tert-OH is 1. The number of imidazole rings is 1. The number of aromatic nitrogens is 2. The summed E-state index contributed by atoms with van der Waals surface area (Å²) in [5, 5.41) is 23.6. The topological polar surface area (TPSA) is 334 Å². The summed E-state index contributed by atoms with van der Waals surface area (Å²) in [6, 6.07) is -8.03. The maximum Gasteiger partial charge on any atom is 0.340 e. The van der Waals surface area contributed by atoms with E-state index in [-0.39, 0.29) is 67.8 Å². The molecule has 95 heavy (non-hydrogen) atoms. The van der Waals surface area contributed by atoms with Crippen molar-refractivity contribution in [2.45, 2.75) is 216 Å². The van der Waals surface area contributed by atoms with E-state index in [2.05, 4.69) is 31.2 Å². The van der Waals surface area contributed by atoms with Crippen molar-refractivity contribution < 1.29 is 67.4 Å². The number of amides is 11. The van der Waals surface area contributed by atoms with Gasteiger partial charge in [0.25, 0.3) is 0 Å². The first-order valence-corrected chi connectivity index (χ1v) is 33.4. The van der Waals surface area contributed by atoms with E-state index in [1.54, 1.807) is 59.7 Å². The van der Waals surface area contributed by atoms with Gasteiger partial charge in [-0.3, -0.25) is 52.7 Å². The molecule has 1 saturated heterocycles. The number of carbonyl (C=O) groups excluding carboxylic acids is 12. The van der Waals surface area contributed by atoms with E-state index in [9.17, 15) is 43.5 Å². The normalized spacial score (nSPS) is 25.2. The molecule has 0 unspecified atom stereocenters. The van der Waals surface area contributed by atoms with Gasteiger partial charge < -0.3 is 70.4 Å². The molecule has 0 aliphatic carbocycles. The lowest BCUT2D eigenvalue weighted by atomic mass is 9.91. The molecule has 12 atom stereocenters. The van der Waals surface area contributed by atoms with Crippen LogP contribution in [0.15, 0.2) is 18.2 Å². The van der Waals surface area contributed by atoms with Crippen molar-refractivity contribution in [3.05, 3.63) is 29.6 Å². The molecule has 3 rings (SSSR count). The smallest absolute Gasteiger partial charge is 0.340 e. The van der Waals surface area contributed by atoms with Gasteiger partial charge in [-0.1, -0.05) is 103 Å². The second kappa shape index (κ2) is 35.9. The van der Waals surface area contributed by atoms with E-state index < -0.39 is 162 Å². The molecule has 0 saturated carbocycles. The SMILES string of the molecule is CC[C@@H]1NC(=O)[C@H]([C@H](O)[C@H](C)Cc2nc3c(C(=O)OC)cccc3[nH]2)N(C)C(=O)[C@H](C(C)C)N(C)C(=O)[C@H](CC(C)C)N(C)C(=O)[C@H](CC(C)C)N(C)C(=O)[C@@H](C)NC(=O)[C@H](C)NC(=O)[C@H](CC(C)C)N(C)C(=O)[C@H](C(C)C)NC(=O)[C@H](CC(C)C)N(C)C(=O)CN(C)C1=O. The number of likely N-dealkylation sites (N-methyl/N-ethyl adjacent to an activating group) is 7. The first-order valence-electron chi connectivity index (χ1n) is 33.4. The number of aromatic amines is 1. The minimum absolute atomic E-state index is 0.0378. The summed E-state index contributed by atoms with van der Waals surface area (Å²) in [5.41, 5.74) is 0.958. The molecule has 2 heterocycles. The molecule has 6 N–H and O–H groups in total. The van der Waals surface area contributed by atoms with Gasteiger partial charge in [0.2, 0.25) is 65.0 Å². The quantitative estimate of drug-likeness (QED) is 0.132. The predicted octanol–water partition coefficient (Wildman–Crippen LogP) is 3.21. The number of rotatable bonds is 16. The number of aliphatic hydroxyl groups is 1. The molecular formula is C68H113N13O14. The summed E-state index contributed by atoms with van der Waals surface area (Å²) in [5.74, 6) is -11.0. The number of carbonyl (C=O) groups is 12. The van der Waals surface area contributed by atoms with Crippen LogP contribution in [0.2, 0.25) is 0 Å². The summed E-state index contributed by atoms with van der Waals surface area (Å²) in [6.07, 6.45) is -1.30. The lowest BCUT2D eigenvalue weighted by molar-refractivity contribution is -0.157. The van der Waals surface area contributed by atoms with E-state index in [4.69, 9.17) is 4.74 Å². The van der Waals surface area contributed by atoms with Crippen LogP contribution >= 0.6 is 0 Å². The Labute approximate surface area is 562 Å². The maximum absolute atomic E-state index is 15.5. The van der Waals surface area contributed by atoms with Gasteiger partial charge in [0.15, 0.2) is 0 Å². The predicted molar refractivity (Wildman–Crippen MR) is 360 cm³/mol. The molecule has 0 radical (unpaired) electrons. The van der Waals surface area contributed by atoms with Crippen LogP contribution in [0.1, 0.15) is 159 Å². The number of nitrogens with one attached hydrogen (secondary N) is 5. The molecule has 27 heteroatoms. The standard InChI is InChI=1S/C68H113N13O14/c1-25-45-63(89)75(17)34-52(82)76(18)47(29-35(2)3)60(86)74-53(39(10)11)66(92)77(19)48(30-36(4)5)59(85)69-42(15)58(84)70-43(16)62(88)78(20)49(31-37(6)7)64(90)79(21)50(32-38(8)9)65(91)80(22)55(40(12)13)67(93)81(23)56(61(87)72-45)57(83)41(14)33-51-71-46-28-26-27-44(54(46)73-51)68(94)95-24/h26-28,35-43,45,47-50,53,55-57,83H,25,29-34H2,1-24H3,(H,69,85)(H,70,84)(H,71,73)(H,72,87)(H,74,86)/t41-,42+,43-,45+,47+,48+,49+,50+,53+,55+,56+,57-/m1/s1. The second-order valence-electron chi connectivity index (χ2n) is 28.4. The van der Waals surface area contributed by atoms with Crippen LogP contribution in [-0.2, 0) is 63.9 Å². The highest BCUT2D eigenvalue weighted by molar-refractivity contribution is 6.02. The molecule has 534 valence electrons. The average molecular weight is 1340 g/mol. The number of methoxy groups -OCH3 is 1. The highest BCUT2D eigenvalue weighted by Gasteiger charge is 2.46. The van der Waals surface area contributed by atoms with Crippen molar-refractivity contribution in [2.24, 2.45) is 41.4 Å². The first-order chi connectivity index (χ1) is 44.1. The lowest BCUT2D eigenvalue weighted by Crippen LogP contribution is -2.63. The molecule has 1 aromatic carbocycles. The highest BCUT2D eigenvalue weighted by atomic mass is 16.5. The summed E-state index contributed by atoms with van der Waals surface area (Å²) in [7, 11) is 11.0. The van der Waals surface area contributed by atoms with Crippen LogP contribution in [0, 0.1) is 41.4 Å². The number of benzene rings is 1. The van der Waals surface area contributed by atoms with Crippen LogP contribution in [-0.4, -0.2) is 250 Å². The number of hydrogen-bond acceptors (Lipinski definition) is 15. The van der Waals surface area contributed by atoms with Crippen LogP contribution in [0.25, 0.3) is 11.0 Å². The Balaban J connectivity index is 2.34. The van der Waals surface area contributed by atoms with E-state index in [1.165, 1.54) is 94.8 Å². The zero-order chi connectivity index (χ0) is 72.7. The Kier molecular flexibility index (Phi) is 30.8. The minimum Gasteiger partial charge on any atom is -0.465 e. The monoisotopic (exact) mass is 1340 g/mol. The third-order valence-electron chi connectivity index (χ3n) is 17.8. The van der Waals surface area contributed by atoms with Crippen LogP contribution in [0.5, 0.6) is 0 Å². The Morgan fingerprint density at radius 2 is 1.00 bits per heavy atom. The molecule has 0 spiro atoms. The Morgan fingerprint density at radius 1 is 0.537 bits per heavy atom. The average Bonchev–Trinajstić information content (AvgIpc) is 1.69. The molecule has 11 amide bonds. The second-order valence-corrected chi connectivity index (χ2v) is 28.4. The van der Waals surface area contributed by atoms with Gasteiger partial charge in [0.05, 0.1) is 30.8 Å². The van der Waals surface area contributed by atoms with Crippen molar-refractivity contribution >= 4 is 82.0 Å². The van der Waals surface area contributed by atoms with Crippen LogP contribution in [0.4, 0.5) is 0 Å². The molecule has 1 fully saturated rings. The molecule has 1 aliphatic heterocycles. The van der Waals surface area contributed by atoms with Gasteiger partial charge in [-0.25, -0.2) is 9.78 Å². The molecule has 2 aromatic rings. The van der Waals surface area contributed by atoms with Gasteiger partial charge in [0.1, 0.15) is 71.8 Å². The Hall–Kier alpha value is -7.71. The summed E-state index contributed by atoms with van der Waals surface area (Å²) in [4.78, 5) is 191. The largest absolute Gasteiger partial charge is 0.465 e. The Morgan fingerprint density at radius 3 is 1.49 bits per heavy atom. The van der Waals surface area contributed by atoms with Gasteiger partial charge in [0, 0.05) is 55.8 Å². The van der Waals surface area contributed by atoms with E-state index in [0.29, 0.717) is 16.9 Å². The number of nitrogens with zero attached hydrogens (tertiary/aromatic N) is 8.